The van der Waals surface area contributed by atoms with E-state index < -0.39 is 0 Å². The van der Waals surface area contributed by atoms with Gasteiger partial charge >= 0.3 is 5.97 Å². The second-order valence-corrected chi connectivity index (χ2v) is 5.38. The topological polar surface area (TPSA) is 58.6 Å². The summed E-state index contributed by atoms with van der Waals surface area (Å²) in [6.45, 7) is 7.11. The molecule has 0 spiro atoms. The van der Waals surface area contributed by atoms with Gasteiger partial charge in [-0.3, -0.25) is 14.5 Å². The van der Waals surface area contributed by atoms with Gasteiger partial charge in [-0.05, 0) is 33.1 Å². The van der Waals surface area contributed by atoms with Crippen LogP contribution in [0.3, 0.4) is 0 Å². The molecule has 1 aliphatic carbocycles. The number of carbonyl (C=O) groups excluding carboxylic acids is 2. The third kappa shape index (κ3) is 5.90. The Morgan fingerprint density at radius 1 is 1.30 bits per heavy atom. The van der Waals surface area contributed by atoms with E-state index in [9.17, 15) is 9.59 Å². The summed E-state index contributed by atoms with van der Waals surface area (Å²) in [6.07, 6.45) is 5.41. The van der Waals surface area contributed by atoms with E-state index in [0.29, 0.717) is 12.6 Å². The van der Waals surface area contributed by atoms with Gasteiger partial charge in [0.15, 0.2) is 0 Å². The van der Waals surface area contributed by atoms with Crippen LogP contribution in [0.1, 0.15) is 52.9 Å². The van der Waals surface area contributed by atoms with Gasteiger partial charge in [-0.1, -0.05) is 19.8 Å². The summed E-state index contributed by atoms with van der Waals surface area (Å²) in [5.41, 5.74) is 0. The Hall–Kier alpha value is -1.10. The number of nitrogens with one attached hydrogen (secondary N) is 1. The number of amides is 1. The molecule has 0 radical (unpaired) electrons. The number of nitrogens with zero attached hydrogens (tertiary/aromatic N) is 1. The van der Waals surface area contributed by atoms with E-state index in [4.69, 9.17) is 4.74 Å². The van der Waals surface area contributed by atoms with Crippen molar-refractivity contribution in [3.05, 3.63) is 0 Å². The highest BCUT2D eigenvalue weighted by Gasteiger charge is 2.36. The van der Waals surface area contributed by atoms with Gasteiger partial charge < -0.3 is 10.1 Å². The molecule has 5 heteroatoms. The van der Waals surface area contributed by atoms with Gasteiger partial charge in [-0.2, -0.15) is 0 Å². The number of hydrogen-bond acceptors (Lipinski definition) is 4. The summed E-state index contributed by atoms with van der Waals surface area (Å²) in [7, 11) is 0. The maximum absolute atomic E-state index is 12.1. The zero-order chi connectivity index (χ0) is 15.0. The maximum atomic E-state index is 12.1. The summed E-state index contributed by atoms with van der Waals surface area (Å²) in [5.74, 6) is -0.234. The Morgan fingerprint density at radius 3 is 2.55 bits per heavy atom. The molecule has 0 saturated heterocycles. The number of rotatable bonds is 10. The molecule has 0 aromatic carbocycles. The maximum Gasteiger partial charge on any atom is 0.320 e. The Balaban J connectivity index is 2.40. The van der Waals surface area contributed by atoms with Crippen LogP contribution in [0.15, 0.2) is 0 Å². The van der Waals surface area contributed by atoms with E-state index in [-0.39, 0.29) is 24.5 Å². The first-order valence-electron chi connectivity index (χ1n) is 7.79. The van der Waals surface area contributed by atoms with Crippen LogP contribution in [0, 0.1) is 0 Å². The second kappa shape index (κ2) is 8.95. The van der Waals surface area contributed by atoms with Gasteiger partial charge in [0.2, 0.25) is 5.91 Å². The number of carbonyl (C=O) groups is 2. The zero-order valence-corrected chi connectivity index (χ0v) is 13.0. The smallest absolute Gasteiger partial charge is 0.320 e. The fourth-order valence-corrected chi connectivity index (χ4v) is 2.23. The predicted octanol–water partition coefficient (Wildman–Crippen LogP) is 1.71. The van der Waals surface area contributed by atoms with Crippen molar-refractivity contribution in [3.63, 3.8) is 0 Å². The first-order valence-corrected chi connectivity index (χ1v) is 7.79. The van der Waals surface area contributed by atoms with Gasteiger partial charge in [-0.15, -0.1) is 0 Å². The highest BCUT2D eigenvalue weighted by atomic mass is 16.5. The molecular weight excluding hydrogens is 256 g/mol. The number of unbranched alkanes of at least 4 members (excludes halogenated alkanes) is 2. The van der Waals surface area contributed by atoms with Gasteiger partial charge in [0.25, 0.3) is 0 Å². The van der Waals surface area contributed by atoms with Crippen molar-refractivity contribution in [2.75, 3.05) is 19.7 Å². The summed E-state index contributed by atoms with van der Waals surface area (Å²) in [5, 5.41) is 2.95. The standard InChI is InChI=1S/C15H28N2O3/c1-4-6-7-10-16-15(19)12(3)17(13-8-9-13)11-14(18)20-5-2/h12-13H,4-11H2,1-3H3,(H,16,19). The third-order valence-electron chi connectivity index (χ3n) is 3.59. The summed E-state index contributed by atoms with van der Waals surface area (Å²) in [6, 6.07) is 0.0873. The number of hydrogen-bond donors (Lipinski definition) is 1. The van der Waals surface area contributed by atoms with Crippen molar-refractivity contribution in [1.29, 1.82) is 0 Å². The minimum atomic E-state index is -0.270. The van der Waals surface area contributed by atoms with E-state index in [1.165, 1.54) is 0 Å². The van der Waals surface area contributed by atoms with Crippen molar-refractivity contribution in [2.24, 2.45) is 0 Å². The molecule has 1 rings (SSSR count). The Labute approximate surface area is 122 Å². The molecule has 1 N–H and O–H groups in total. The molecule has 0 aromatic heterocycles. The van der Waals surface area contributed by atoms with E-state index in [2.05, 4.69) is 12.2 Å². The molecule has 0 bridgehead atoms. The van der Waals surface area contributed by atoms with Gasteiger partial charge in [0.05, 0.1) is 19.2 Å². The normalized spacial score (nSPS) is 16.0. The second-order valence-electron chi connectivity index (χ2n) is 5.38. The monoisotopic (exact) mass is 284 g/mol. The molecule has 0 heterocycles. The first-order chi connectivity index (χ1) is 9.60. The van der Waals surface area contributed by atoms with Gasteiger partial charge in [0, 0.05) is 12.6 Å². The minimum absolute atomic E-state index is 0.0114. The average Bonchev–Trinajstić information content (AvgIpc) is 3.24. The fraction of sp³-hybridized carbons (Fsp3) is 0.867. The number of ether oxygens (including phenoxy) is 1. The first kappa shape index (κ1) is 17.0. The molecule has 0 aromatic rings. The fourth-order valence-electron chi connectivity index (χ4n) is 2.23. The minimum Gasteiger partial charge on any atom is -0.465 e. The summed E-state index contributed by atoms with van der Waals surface area (Å²) in [4.78, 5) is 25.7. The largest absolute Gasteiger partial charge is 0.465 e. The molecule has 1 amide bonds. The SMILES string of the molecule is CCCCCNC(=O)C(C)N(CC(=O)OCC)C1CC1. The Morgan fingerprint density at radius 2 is 2.00 bits per heavy atom. The molecule has 1 fully saturated rings. The molecule has 0 aliphatic heterocycles. The molecule has 5 nitrogen and oxygen atoms in total. The van der Waals surface area contributed by atoms with Gasteiger partial charge in [0.1, 0.15) is 0 Å². The van der Waals surface area contributed by atoms with E-state index in [0.717, 1.165) is 38.6 Å². The molecule has 116 valence electrons. The predicted molar refractivity (Wildman–Crippen MR) is 78.4 cm³/mol. The van der Waals surface area contributed by atoms with E-state index >= 15 is 0 Å². The number of esters is 1. The highest BCUT2D eigenvalue weighted by molar-refractivity contribution is 5.82. The molecule has 1 atom stereocenters. The van der Waals surface area contributed by atoms with Crippen LogP contribution in [0.25, 0.3) is 0 Å². The van der Waals surface area contributed by atoms with Crippen LogP contribution in [-0.2, 0) is 14.3 Å². The molecule has 1 unspecified atom stereocenters. The van der Waals surface area contributed by atoms with Crippen LogP contribution in [-0.4, -0.2) is 48.6 Å². The van der Waals surface area contributed by atoms with Crippen molar-refractivity contribution >= 4 is 11.9 Å². The lowest BCUT2D eigenvalue weighted by Gasteiger charge is -2.27. The summed E-state index contributed by atoms with van der Waals surface area (Å²) < 4.78 is 4.98. The van der Waals surface area contributed by atoms with Crippen molar-refractivity contribution < 1.29 is 14.3 Å². The van der Waals surface area contributed by atoms with Crippen LogP contribution in [0.4, 0.5) is 0 Å². The van der Waals surface area contributed by atoms with Crippen molar-refractivity contribution in [2.45, 2.75) is 65.0 Å². The zero-order valence-electron chi connectivity index (χ0n) is 13.0. The molecule has 1 saturated carbocycles. The van der Waals surface area contributed by atoms with Crippen LogP contribution < -0.4 is 5.32 Å². The van der Waals surface area contributed by atoms with E-state index in [1.54, 1.807) is 6.92 Å². The summed E-state index contributed by atoms with van der Waals surface area (Å²) >= 11 is 0. The van der Waals surface area contributed by atoms with Crippen LogP contribution in [0.5, 0.6) is 0 Å². The lowest BCUT2D eigenvalue weighted by molar-refractivity contribution is -0.145. The van der Waals surface area contributed by atoms with Crippen molar-refractivity contribution in [3.8, 4) is 0 Å². The third-order valence-corrected chi connectivity index (χ3v) is 3.59. The lowest BCUT2D eigenvalue weighted by Crippen LogP contribution is -2.48. The quantitative estimate of drug-likeness (QED) is 0.490. The Kier molecular flexibility index (Phi) is 7.59. The van der Waals surface area contributed by atoms with Crippen LogP contribution >= 0.6 is 0 Å². The molecule has 1 aliphatic rings. The Bertz CT molecular complexity index is 316. The lowest BCUT2D eigenvalue weighted by atomic mass is 10.2. The highest BCUT2D eigenvalue weighted by Crippen LogP contribution is 2.28. The van der Waals surface area contributed by atoms with Gasteiger partial charge in [-0.25, -0.2) is 0 Å². The molecular formula is C15H28N2O3. The van der Waals surface area contributed by atoms with Crippen LogP contribution in [0.2, 0.25) is 0 Å². The van der Waals surface area contributed by atoms with Crippen molar-refractivity contribution in [1.82, 2.24) is 10.2 Å². The van der Waals surface area contributed by atoms with E-state index in [1.807, 2.05) is 11.8 Å². The molecule has 20 heavy (non-hydrogen) atoms. The average molecular weight is 284 g/mol.